The van der Waals surface area contributed by atoms with Gasteiger partial charge in [0.2, 0.25) is 0 Å². The number of carbonyl (C=O) groups excluding carboxylic acids is 2. The van der Waals surface area contributed by atoms with Gasteiger partial charge in [-0.15, -0.1) is 0 Å². The van der Waals surface area contributed by atoms with Crippen LogP contribution in [0.15, 0.2) is 81.4 Å². The molecule has 0 atom stereocenters. The molecule has 29 heavy (non-hydrogen) atoms. The van der Waals surface area contributed by atoms with E-state index in [1.165, 1.54) is 11.0 Å². The first kappa shape index (κ1) is 19.1. The van der Waals surface area contributed by atoms with E-state index < -0.39 is 11.9 Å². The number of halogens is 1. The molecule has 3 amide bonds. The molecule has 1 saturated heterocycles. The third kappa shape index (κ3) is 4.13. The molecule has 2 aromatic carbocycles. The number of rotatable bonds is 4. The van der Waals surface area contributed by atoms with Gasteiger partial charge < -0.3 is 9.15 Å². The Balaban J connectivity index is 1.59. The van der Waals surface area contributed by atoms with E-state index in [0.29, 0.717) is 27.6 Å². The normalized spacial score (nSPS) is 15.6. The number of hydrogen-bond acceptors (Lipinski definition) is 5. The van der Waals surface area contributed by atoms with Crippen molar-refractivity contribution in [2.75, 3.05) is 4.90 Å². The van der Waals surface area contributed by atoms with Gasteiger partial charge in [0, 0.05) is 0 Å². The van der Waals surface area contributed by atoms with Crippen LogP contribution in [0.4, 0.5) is 10.5 Å². The maximum atomic E-state index is 12.4. The quantitative estimate of drug-likeness (QED) is 0.415. The van der Waals surface area contributed by atoms with Gasteiger partial charge in [0.15, 0.2) is 4.67 Å². The molecular weight excluding hydrogens is 456 g/mol. The van der Waals surface area contributed by atoms with Crippen LogP contribution in [0.5, 0.6) is 11.5 Å². The van der Waals surface area contributed by atoms with E-state index >= 15 is 0 Å². The molecule has 1 N–H and O–H groups in total. The number of hydrogen-bond donors (Lipinski definition) is 1. The summed E-state index contributed by atoms with van der Waals surface area (Å²) in [4.78, 5) is 26.0. The Bertz CT molecular complexity index is 1120. The first-order valence-corrected chi connectivity index (χ1v) is 9.71. The van der Waals surface area contributed by atoms with Gasteiger partial charge >= 0.3 is 6.03 Å². The van der Waals surface area contributed by atoms with E-state index in [1.807, 2.05) is 30.3 Å². The molecule has 1 fully saturated rings. The lowest BCUT2D eigenvalue weighted by Gasteiger charge is -2.28. The van der Waals surface area contributed by atoms with Crippen LogP contribution in [0.2, 0.25) is 0 Å². The molecule has 0 spiro atoms. The molecule has 0 radical (unpaired) electrons. The van der Waals surface area contributed by atoms with Crippen molar-refractivity contribution in [1.29, 1.82) is 0 Å². The molecule has 1 aliphatic rings. The molecule has 0 bridgehead atoms. The Labute approximate surface area is 179 Å². The fraction of sp³-hybridized carbons (Fsp3) is 0. The Morgan fingerprint density at radius 3 is 2.31 bits per heavy atom. The van der Waals surface area contributed by atoms with Crippen LogP contribution in [-0.2, 0) is 4.79 Å². The number of para-hydroxylation sites is 1. The highest BCUT2D eigenvalue weighted by Gasteiger charge is 2.34. The average molecular weight is 469 g/mol. The number of carbonyl (C=O) groups is 2. The standard InChI is InChI=1S/C21H13BrN2O4S/c22-18-11-10-16(28-18)12-17-19(25)23-21(26)24(20(17)29)13-6-8-15(9-7-13)27-14-4-2-1-3-5-14/h1-12H,(H,23,25,26)/b17-12+. The topological polar surface area (TPSA) is 71.8 Å². The van der Waals surface area contributed by atoms with Gasteiger partial charge in [-0.3, -0.25) is 15.0 Å². The first-order chi connectivity index (χ1) is 14.0. The Hall–Kier alpha value is -3.23. The summed E-state index contributed by atoms with van der Waals surface area (Å²) in [6, 6.07) is 19.0. The number of thiocarbonyl (C=S) groups is 1. The summed E-state index contributed by atoms with van der Waals surface area (Å²) in [5, 5.41) is 2.30. The fourth-order valence-corrected chi connectivity index (χ4v) is 3.39. The van der Waals surface area contributed by atoms with Gasteiger partial charge in [-0.05, 0) is 70.5 Å². The number of nitrogens with zero attached hydrogens (tertiary/aromatic N) is 1. The van der Waals surface area contributed by atoms with Crippen LogP contribution in [0.1, 0.15) is 5.76 Å². The lowest BCUT2D eigenvalue weighted by Crippen LogP contribution is -2.53. The Kier molecular flexibility index (Phi) is 5.28. The van der Waals surface area contributed by atoms with Crippen LogP contribution in [0.3, 0.4) is 0 Å². The van der Waals surface area contributed by atoms with Crippen molar-refractivity contribution in [2.24, 2.45) is 0 Å². The molecule has 6 nitrogen and oxygen atoms in total. The largest absolute Gasteiger partial charge is 0.457 e. The minimum Gasteiger partial charge on any atom is -0.457 e. The molecule has 2 heterocycles. The summed E-state index contributed by atoms with van der Waals surface area (Å²) in [6.45, 7) is 0. The van der Waals surface area contributed by atoms with E-state index in [-0.39, 0.29) is 10.6 Å². The van der Waals surface area contributed by atoms with E-state index in [9.17, 15) is 9.59 Å². The molecule has 1 aliphatic heterocycles. The van der Waals surface area contributed by atoms with Crippen molar-refractivity contribution in [1.82, 2.24) is 5.32 Å². The van der Waals surface area contributed by atoms with Gasteiger partial charge in [-0.1, -0.05) is 30.4 Å². The number of benzene rings is 2. The highest BCUT2D eigenvalue weighted by molar-refractivity contribution is 9.10. The SMILES string of the molecule is O=C1NC(=O)N(c2ccc(Oc3ccccc3)cc2)C(=S)/C1=C/c1ccc(Br)o1. The summed E-state index contributed by atoms with van der Waals surface area (Å²) < 4.78 is 11.7. The summed E-state index contributed by atoms with van der Waals surface area (Å²) in [5.74, 6) is 1.17. The number of urea groups is 1. The minimum atomic E-state index is -0.616. The Morgan fingerprint density at radius 1 is 0.966 bits per heavy atom. The van der Waals surface area contributed by atoms with Crippen LogP contribution in [0.25, 0.3) is 6.08 Å². The van der Waals surface area contributed by atoms with Crippen LogP contribution in [0, 0.1) is 0 Å². The highest BCUT2D eigenvalue weighted by atomic mass is 79.9. The number of anilines is 1. The monoisotopic (exact) mass is 468 g/mol. The summed E-state index contributed by atoms with van der Waals surface area (Å²) >= 11 is 8.63. The molecule has 0 aliphatic carbocycles. The molecule has 4 rings (SSSR count). The third-order valence-corrected chi connectivity index (χ3v) is 4.88. The second kappa shape index (κ2) is 8.02. The maximum absolute atomic E-state index is 12.4. The Morgan fingerprint density at radius 2 is 1.66 bits per heavy atom. The third-order valence-electron chi connectivity index (χ3n) is 4.06. The molecule has 144 valence electrons. The zero-order chi connectivity index (χ0) is 20.4. The van der Waals surface area contributed by atoms with Crippen LogP contribution in [-0.4, -0.2) is 16.9 Å². The summed E-state index contributed by atoms with van der Waals surface area (Å²) in [6.07, 6.45) is 1.49. The van der Waals surface area contributed by atoms with Gasteiger partial charge in [0.1, 0.15) is 22.2 Å². The van der Waals surface area contributed by atoms with Gasteiger partial charge in [0.05, 0.1) is 11.3 Å². The van der Waals surface area contributed by atoms with E-state index in [0.717, 1.165) is 0 Å². The molecule has 3 aromatic rings. The van der Waals surface area contributed by atoms with Crippen LogP contribution >= 0.6 is 28.1 Å². The second-order valence-corrected chi connectivity index (χ2v) is 7.18. The zero-order valence-corrected chi connectivity index (χ0v) is 17.2. The van der Waals surface area contributed by atoms with Crippen molar-refractivity contribution in [3.05, 3.63) is 82.7 Å². The number of imide groups is 1. The number of furan rings is 1. The van der Waals surface area contributed by atoms with Crippen molar-refractivity contribution in [3.63, 3.8) is 0 Å². The smallest absolute Gasteiger partial charge is 0.334 e. The van der Waals surface area contributed by atoms with Crippen molar-refractivity contribution < 1.29 is 18.7 Å². The van der Waals surface area contributed by atoms with Gasteiger partial charge in [-0.2, -0.15) is 0 Å². The number of amides is 3. The molecule has 1 aromatic heterocycles. The van der Waals surface area contributed by atoms with Crippen molar-refractivity contribution in [2.45, 2.75) is 0 Å². The summed E-state index contributed by atoms with van der Waals surface area (Å²) in [5.41, 5.74) is 0.665. The molecule has 0 saturated carbocycles. The minimum absolute atomic E-state index is 0.0861. The predicted molar refractivity (Wildman–Crippen MR) is 116 cm³/mol. The van der Waals surface area contributed by atoms with E-state index in [2.05, 4.69) is 21.2 Å². The molecular formula is C21H13BrN2O4S. The van der Waals surface area contributed by atoms with Crippen LogP contribution < -0.4 is 15.0 Å². The van der Waals surface area contributed by atoms with Gasteiger partial charge in [0.25, 0.3) is 5.91 Å². The average Bonchev–Trinajstić information content (AvgIpc) is 3.12. The van der Waals surface area contributed by atoms with Crippen molar-refractivity contribution >= 4 is 56.8 Å². The van der Waals surface area contributed by atoms with E-state index in [1.54, 1.807) is 36.4 Å². The number of ether oxygens (including phenoxy) is 1. The second-order valence-electron chi connectivity index (χ2n) is 6.01. The fourth-order valence-electron chi connectivity index (χ4n) is 2.73. The molecule has 8 heteroatoms. The van der Waals surface area contributed by atoms with E-state index in [4.69, 9.17) is 21.4 Å². The number of nitrogens with one attached hydrogen (secondary N) is 1. The maximum Gasteiger partial charge on any atom is 0.334 e. The highest BCUT2D eigenvalue weighted by Crippen LogP contribution is 2.28. The zero-order valence-electron chi connectivity index (χ0n) is 14.8. The van der Waals surface area contributed by atoms with Crippen molar-refractivity contribution in [3.8, 4) is 11.5 Å². The van der Waals surface area contributed by atoms with Gasteiger partial charge in [-0.25, -0.2) is 4.79 Å². The summed E-state index contributed by atoms with van der Waals surface area (Å²) in [7, 11) is 0. The first-order valence-electron chi connectivity index (χ1n) is 8.51. The lowest BCUT2D eigenvalue weighted by atomic mass is 10.1. The predicted octanol–water partition coefficient (Wildman–Crippen LogP) is 5.30. The molecule has 0 unspecified atom stereocenters. The lowest BCUT2D eigenvalue weighted by molar-refractivity contribution is -0.116.